The summed E-state index contributed by atoms with van der Waals surface area (Å²) in [7, 11) is 0. The topological polar surface area (TPSA) is 47.6 Å². The summed E-state index contributed by atoms with van der Waals surface area (Å²) in [6.45, 7) is 0. The molecule has 2 nitrogen and oxygen atoms in total. The zero-order valence-electron chi connectivity index (χ0n) is 25.4. The average molecular weight is 589 g/mol. The smallest absolute Gasteiger partial charge is 0.124 e. The maximum absolute atomic E-state index is 12.3. The van der Waals surface area contributed by atoms with E-state index in [4.69, 9.17) is 0 Å². The van der Waals surface area contributed by atoms with Crippen molar-refractivity contribution >= 4 is 0 Å². The fourth-order valence-corrected chi connectivity index (χ4v) is 8.29. The predicted octanol–water partition coefficient (Wildman–Crippen LogP) is 9.45. The van der Waals surface area contributed by atoms with E-state index in [9.17, 15) is 10.5 Å². The van der Waals surface area contributed by atoms with Crippen molar-refractivity contribution in [1.82, 2.24) is 0 Å². The number of benzene rings is 6. The van der Waals surface area contributed by atoms with Gasteiger partial charge in [-0.1, -0.05) is 194 Å². The van der Waals surface area contributed by atoms with E-state index in [1.165, 1.54) is 0 Å². The van der Waals surface area contributed by atoms with Crippen LogP contribution >= 0.6 is 0 Å². The summed E-state index contributed by atoms with van der Waals surface area (Å²) >= 11 is 0. The van der Waals surface area contributed by atoms with Gasteiger partial charge in [-0.2, -0.15) is 10.5 Å². The van der Waals surface area contributed by atoms with Crippen molar-refractivity contribution in [2.24, 2.45) is 0 Å². The molecule has 0 saturated carbocycles. The number of nitriles is 2. The molecule has 0 fully saturated rings. The normalized spacial score (nSPS) is 21.0. The molecule has 0 bridgehead atoms. The molecule has 0 saturated heterocycles. The summed E-state index contributed by atoms with van der Waals surface area (Å²) < 4.78 is 0. The molecule has 2 heteroatoms. The Balaban J connectivity index is 1.86. The average Bonchev–Trinajstić information content (AvgIpc) is 3.16. The first kappa shape index (κ1) is 28.8. The van der Waals surface area contributed by atoms with Gasteiger partial charge in [-0.3, -0.25) is 0 Å². The number of allylic oxidation sites excluding steroid dienone is 2. The van der Waals surface area contributed by atoms with Crippen molar-refractivity contribution in [2.75, 3.05) is 0 Å². The van der Waals surface area contributed by atoms with Crippen molar-refractivity contribution in [3.63, 3.8) is 0 Å². The van der Waals surface area contributed by atoms with Gasteiger partial charge in [0.05, 0.1) is 23.0 Å². The standard InChI is InChI=1S/C44H32N2/c45-33-41(35-19-7-1-8-20-35)31-32-42(36-21-9-2-10-22-36,37-23-11-3-12-24-37)44(39-27-15-5-16-28-39,40-29-17-6-18-30-40)43(41,34-46)38-25-13-4-14-26-38/h1-32H. The second kappa shape index (κ2) is 11.5. The number of nitrogens with zero attached hydrogens (tertiary/aromatic N) is 2. The van der Waals surface area contributed by atoms with Crippen molar-refractivity contribution in [3.8, 4) is 12.1 Å². The van der Waals surface area contributed by atoms with E-state index in [-0.39, 0.29) is 0 Å². The molecule has 218 valence electrons. The predicted molar refractivity (Wildman–Crippen MR) is 184 cm³/mol. The minimum absolute atomic E-state index is 0.769. The molecule has 46 heavy (non-hydrogen) atoms. The summed E-state index contributed by atoms with van der Waals surface area (Å²) in [5.41, 5.74) is 0.463. The highest BCUT2D eigenvalue weighted by molar-refractivity contribution is 5.73. The van der Waals surface area contributed by atoms with Gasteiger partial charge in [-0.15, -0.1) is 0 Å². The Morgan fingerprint density at radius 1 is 0.326 bits per heavy atom. The monoisotopic (exact) mass is 588 g/mol. The molecule has 0 amide bonds. The minimum Gasteiger partial charge on any atom is -0.197 e. The lowest BCUT2D eigenvalue weighted by molar-refractivity contribution is 0.176. The van der Waals surface area contributed by atoms with Crippen LogP contribution in [0, 0.1) is 22.7 Å². The highest BCUT2D eigenvalue weighted by Gasteiger charge is 2.75. The summed E-state index contributed by atoms with van der Waals surface area (Å²) in [5.74, 6) is 0. The molecule has 2 unspecified atom stereocenters. The largest absolute Gasteiger partial charge is 0.197 e. The summed E-state index contributed by atoms with van der Waals surface area (Å²) in [5, 5.41) is 24.0. The van der Waals surface area contributed by atoms with Crippen molar-refractivity contribution < 1.29 is 0 Å². The third-order valence-corrected chi connectivity index (χ3v) is 9.98. The van der Waals surface area contributed by atoms with Crippen LogP contribution in [0.5, 0.6) is 0 Å². The van der Waals surface area contributed by atoms with Gasteiger partial charge in [0.2, 0.25) is 0 Å². The van der Waals surface area contributed by atoms with Gasteiger partial charge < -0.3 is 0 Å². The third-order valence-electron chi connectivity index (χ3n) is 9.98. The number of hydrogen-bond acceptors (Lipinski definition) is 2. The second-order valence-corrected chi connectivity index (χ2v) is 11.9. The van der Waals surface area contributed by atoms with Crippen LogP contribution in [0.3, 0.4) is 0 Å². The Morgan fingerprint density at radius 2 is 0.652 bits per heavy atom. The lowest BCUT2D eigenvalue weighted by Gasteiger charge is -2.64. The molecule has 0 N–H and O–H groups in total. The molecule has 0 spiro atoms. The molecule has 0 heterocycles. The van der Waals surface area contributed by atoms with Crippen molar-refractivity contribution in [3.05, 3.63) is 228 Å². The Kier molecular flexibility index (Phi) is 7.21. The van der Waals surface area contributed by atoms with Crippen molar-refractivity contribution in [1.29, 1.82) is 10.5 Å². The van der Waals surface area contributed by atoms with Crippen LogP contribution in [0.4, 0.5) is 0 Å². The lowest BCUT2D eigenvalue weighted by atomic mass is 9.33. The number of rotatable bonds is 6. The Morgan fingerprint density at radius 3 is 1.00 bits per heavy atom. The first-order valence-corrected chi connectivity index (χ1v) is 15.6. The molecule has 0 aliphatic heterocycles. The van der Waals surface area contributed by atoms with Gasteiger partial charge in [0, 0.05) is 0 Å². The van der Waals surface area contributed by atoms with E-state index in [2.05, 4.69) is 91.0 Å². The molecule has 1 aliphatic carbocycles. The maximum Gasteiger partial charge on any atom is 0.124 e. The molecule has 1 aliphatic rings. The van der Waals surface area contributed by atoms with Gasteiger partial charge in [0.1, 0.15) is 10.8 Å². The number of hydrogen-bond donors (Lipinski definition) is 0. The minimum atomic E-state index is -1.50. The summed E-state index contributed by atoms with van der Waals surface area (Å²) in [6, 6.07) is 67.3. The lowest BCUT2D eigenvalue weighted by Crippen LogP contribution is -2.70. The van der Waals surface area contributed by atoms with E-state index in [0.29, 0.717) is 0 Å². The van der Waals surface area contributed by atoms with Crippen molar-refractivity contribution in [2.45, 2.75) is 21.7 Å². The second-order valence-electron chi connectivity index (χ2n) is 11.9. The van der Waals surface area contributed by atoms with Crippen LogP contribution in [0.1, 0.15) is 33.4 Å². The van der Waals surface area contributed by atoms with Crippen LogP contribution in [-0.4, -0.2) is 0 Å². The van der Waals surface area contributed by atoms with Crippen LogP contribution in [0.25, 0.3) is 0 Å². The molecule has 6 aromatic carbocycles. The zero-order chi connectivity index (χ0) is 31.5. The molecule has 0 radical (unpaired) electrons. The van der Waals surface area contributed by atoms with E-state index < -0.39 is 21.7 Å². The van der Waals surface area contributed by atoms with Gasteiger partial charge in [-0.05, 0) is 33.4 Å². The Hall–Kier alpha value is -5.96. The van der Waals surface area contributed by atoms with E-state index in [1.807, 2.05) is 115 Å². The summed E-state index contributed by atoms with van der Waals surface area (Å²) in [6.07, 6.45) is 4.26. The molecular weight excluding hydrogens is 556 g/mol. The zero-order valence-corrected chi connectivity index (χ0v) is 25.4. The van der Waals surface area contributed by atoms with Crippen LogP contribution in [0.2, 0.25) is 0 Å². The fourth-order valence-electron chi connectivity index (χ4n) is 8.29. The molecule has 2 atom stereocenters. The highest BCUT2D eigenvalue weighted by Crippen LogP contribution is 2.70. The first-order chi connectivity index (χ1) is 22.7. The van der Waals surface area contributed by atoms with E-state index >= 15 is 0 Å². The highest BCUT2D eigenvalue weighted by atomic mass is 14.7. The van der Waals surface area contributed by atoms with Gasteiger partial charge >= 0.3 is 0 Å². The molecule has 6 aromatic rings. The SMILES string of the molecule is N#CC1(c2ccccc2)C=CC(c2ccccc2)(c2ccccc2)C(c2ccccc2)(c2ccccc2)C1(C#N)c1ccccc1. The maximum atomic E-state index is 12.3. The fraction of sp³-hybridized carbons (Fsp3) is 0.0909. The summed E-state index contributed by atoms with van der Waals surface area (Å²) in [4.78, 5) is 0. The quantitative estimate of drug-likeness (QED) is 0.182. The van der Waals surface area contributed by atoms with E-state index in [1.54, 1.807) is 0 Å². The molecule has 7 rings (SSSR count). The van der Waals surface area contributed by atoms with Crippen LogP contribution in [-0.2, 0) is 21.7 Å². The van der Waals surface area contributed by atoms with Crippen LogP contribution in [0.15, 0.2) is 194 Å². The molecule has 0 aromatic heterocycles. The van der Waals surface area contributed by atoms with Crippen LogP contribution < -0.4 is 0 Å². The van der Waals surface area contributed by atoms with Gasteiger partial charge in [0.15, 0.2) is 0 Å². The Bertz CT molecular complexity index is 1960. The van der Waals surface area contributed by atoms with E-state index in [0.717, 1.165) is 33.4 Å². The third kappa shape index (κ3) is 3.75. The molecular formula is C44H32N2. The first-order valence-electron chi connectivity index (χ1n) is 15.6. The van der Waals surface area contributed by atoms with Gasteiger partial charge in [0.25, 0.3) is 0 Å². The van der Waals surface area contributed by atoms with Gasteiger partial charge in [-0.25, -0.2) is 0 Å². The Labute approximate surface area is 271 Å².